The third-order valence-corrected chi connectivity index (χ3v) is 5.02. The highest BCUT2D eigenvalue weighted by Gasteiger charge is 2.14. The van der Waals surface area contributed by atoms with Gasteiger partial charge in [-0.15, -0.1) is 0 Å². The van der Waals surface area contributed by atoms with E-state index in [1.807, 2.05) is 35.1 Å². The highest BCUT2D eigenvalue weighted by molar-refractivity contribution is 5.80. The number of hydrogen-bond donors (Lipinski definition) is 2. The second-order valence-electron chi connectivity index (χ2n) is 6.78. The molecule has 138 valence electrons. The van der Waals surface area contributed by atoms with Gasteiger partial charge in [0, 0.05) is 35.1 Å². The van der Waals surface area contributed by atoms with Gasteiger partial charge in [-0.25, -0.2) is 4.68 Å². The Morgan fingerprint density at radius 3 is 2.67 bits per heavy atom. The summed E-state index contributed by atoms with van der Waals surface area (Å²) in [6, 6.07) is 18.7. The lowest BCUT2D eigenvalue weighted by Crippen LogP contribution is -2.18. The van der Waals surface area contributed by atoms with Crippen molar-refractivity contribution in [2.75, 3.05) is 7.11 Å². The normalized spacial score (nSPS) is 12.4. The number of aromatic amines is 1. The Hall–Kier alpha value is -3.05. The van der Waals surface area contributed by atoms with E-state index in [2.05, 4.69) is 59.6 Å². The Labute approximate surface area is 159 Å². The van der Waals surface area contributed by atoms with E-state index in [0.29, 0.717) is 0 Å². The monoisotopic (exact) mass is 360 g/mol. The SMILES string of the molecule is COc1ccc(-n2ncc(C(C)NCc3cc4ccccc4[nH]3)c2C)cc1. The van der Waals surface area contributed by atoms with Gasteiger partial charge in [-0.1, -0.05) is 18.2 Å². The zero-order chi connectivity index (χ0) is 18.8. The Bertz CT molecular complexity index is 1010. The van der Waals surface area contributed by atoms with Gasteiger partial charge in [0.25, 0.3) is 0 Å². The van der Waals surface area contributed by atoms with Crippen molar-refractivity contribution in [2.24, 2.45) is 0 Å². The molecule has 27 heavy (non-hydrogen) atoms. The maximum atomic E-state index is 5.23. The molecule has 0 saturated heterocycles. The molecule has 2 N–H and O–H groups in total. The number of H-pyrrole nitrogens is 1. The van der Waals surface area contributed by atoms with E-state index in [9.17, 15) is 0 Å². The number of para-hydroxylation sites is 1. The summed E-state index contributed by atoms with van der Waals surface area (Å²) in [4.78, 5) is 3.46. The highest BCUT2D eigenvalue weighted by atomic mass is 16.5. The fourth-order valence-electron chi connectivity index (χ4n) is 3.43. The maximum absolute atomic E-state index is 5.23. The van der Waals surface area contributed by atoms with E-state index in [1.165, 1.54) is 22.2 Å². The zero-order valence-electron chi connectivity index (χ0n) is 15.9. The van der Waals surface area contributed by atoms with Crippen molar-refractivity contribution in [2.45, 2.75) is 26.4 Å². The van der Waals surface area contributed by atoms with Crippen LogP contribution in [-0.2, 0) is 6.54 Å². The largest absolute Gasteiger partial charge is 0.497 e. The molecule has 5 nitrogen and oxygen atoms in total. The van der Waals surface area contributed by atoms with Gasteiger partial charge < -0.3 is 15.0 Å². The van der Waals surface area contributed by atoms with E-state index < -0.39 is 0 Å². The van der Waals surface area contributed by atoms with Crippen molar-refractivity contribution in [3.63, 3.8) is 0 Å². The quantitative estimate of drug-likeness (QED) is 0.531. The van der Waals surface area contributed by atoms with Gasteiger partial charge in [-0.2, -0.15) is 5.10 Å². The molecule has 2 heterocycles. The summed E-state index contributed by atoms with van der Waals surface area (Å²) in [5, 5.41) is 9.42. The van der Waals surface area contributed by atoms with Crippen LogP contribution in [0.15, 0.2) is 60.8 Å². The number of ether oxygens (including phenoxy) is 1. The number of nitrogens with zero attached hydrogens (tertiary/aromatic N) is 2. The first-order valence-corrected chi connectivity index (χ1v) is 9.14. The minimum atomic E-state index is 0.198. The van der Waals surface area contributed by atoms with Crippen molar-refractivity contribution in [3.05, 3.63) is 77.7 Å². The molecule has 2 aromatic carbocycles. The first-order valence-electron chi connectivity index (χ1n) is 9.14. The summed E-state index contributed by atoms with van der Waals surface area (Å²) in [6.45, 7) is 5.06. The third kappa shape index (κ3) is 3.46. The zero-order valence-corrected chi connectivity index (χ0v) is 15.9. The molecule has 0 bridgehead atoms. The van der Waals surface area contributed by atoms with Gasteiger partial charge in [0.2, 0.25) is 0 Å². The van der Waals surface area contributed by atoms with Crippen molar-refractivity contribution in [3.8, 4) is 11.4 Å². The number of hydrogen-bond acceptors (Lipinski definition) is 3. The van der Waals surface area contributed by atoms with Gasteiger partial charge in [-0.05, 0) is 55.6 Å². The molecule has 5 heteroatoms. The summed E-state index contributed by atoms with van der Waals surface area (Å²) >= 11 is 0. The van der Waals surface area contributed by atoms with Crippen LogP contribution in [0.3, 0.4) is 0 Å². The summed E-state index contributed by atoms with van der Waals surface area (Å²) in [6.07, 6.45) is 1.95. The van der Waals surface area contributed by atoms with Crippen molar-refractivity contribution >= 4 is 10.9 Å². The summed E-state index contributed by atoms with van der Waals surface area (Å²) in [5.74, 6) is 0.845. The highest BCUT2D eigenvalue weighted by Crippen LogP contribution is 2.22. The van der Waals surface area contributed by atoms with Crippen LogP contribution < -0.4 is 10.1 Å². The van der Waals surface area contributed by atoms with Crippen molar-refractivity contribution in [1.29, 1.82) is 0 Å². The van der Waals surface area contributed by atoms with E-state index in [4.69, 9.17) is 4.74 Å². The maximum Gasteiger partial charge on any atom is 0.119 e. The van der Waals surface area contributed by atoms with Gasteiger partial charge in [-0.3, -0.25) is 0 Å². The second-order valence-corrected chi connectivity index (χ2v) is 6.78. The molecule has 2 aromatic heterocycles. The number of benzene rings is 2. The molecule has 0 fully saturated rings. The average molecular weight is 360 g/mol. The molecule has 0 radical (unpaired) electrons. The van der Waals surface area contributed by atoms with E-state index >= 15 is 0 Å². The molecule has 0 aliphatic heterocycles. The van der Waals surface area contributed by atoms with Crippen LogP contribution in [0.4, 0.5) is 0 Å². The molecule has 0 aliphatic rings. The lowest BCUT2D eigenvalue weighted by Gasteiger charge is -2.13. The topological polar surface area (TPSA) is 54.9 Å². The van der Waals surface area contributed by atoms with Crippen LogP contribution in [0, 0.1) is 6.92 Å². The molecule has 0 spiro atoms. The third-order valence-electron chi connectivity index (χ3n) is 5.02. The number of aromatic nitrogens is 3. The Morgan fingerprint density at radius 2 is 1.93 bits per heavy atom. The van der Waals surface area contributed by atoms with Crippen LogP contribution >= 0.6 is 0 Å². The van der Waals surface area contributed by atoms with E-state index in [1.54, 1.807) is 7.11 Å². The number of nitrogens with one attached hydrogen (secondary N) is 2. The van der Waals surface area contributed by atoms with Gasteiger partial charge in [0.15, 0.2) is 0 Å². The van der Waals surface area contributed by atoms with Crippen LogP contribution in [0.1, 0.15) is 29.9 Å². The predicted molar refractivity (Wildman–Crippen MR) is 108 cm³/mol. The minimum absolute atomic E-state index is 0.198. The molecular weight excluding hydrogens is 336 g/mol. The van der Waals surface area contributed by atoms with Crippen molar-refractivity contribution < 1.29 is 4.74 Å². The summed E-state index contributed by atoms with van der Waals surface area (Å²) in [7, 11) is 1.67. The fourth-order valence-corrected chi connectivity index (χ4v) is 3.43. The smallest absolute Gasteiger partial charge is 0.119 e. The second kappa shape index (κ2) is 7.29. The van der Waals surface area contributed by atoms with Crippen LogP contribution in [0.5, 0.6) is 5.75 Å². The molecular formula is C22H24N4O. The van der Waals surface area contributed by atoms with E-state index in [0.717, 1.165) is 23.7 Å². The first kappa shape index (κ1) is 17.4. The van der Waals surface area contributed by atoms with Crippen LogP contribution in [-0.4, -0.2) is 21.9 Å². The molecule has 0 saturated carbocycles. The number of rotatable bonds is 6. The standard InChI is InChI=1S/C22H24N4O/c1-15(23-13-18-12-17-6-4-5-7-22(17)25-18)21-14-24-26(16(21)2)19-8-10-20(27-3)11-9-19/h4-12,14-15,23,25H,13H2,1-3H3. The van der Waals surface area contributed by atoms with Gasteiger partial charge in [0.1, 0.15) is 5.75 Å². The van der Waals surface area contributed by atoms with Crippen molar-refractivity contribution in [1.82, 2.24) is 20.1 Å². The molecule has 0 amide bonds. The molecule has 4 rings (SSSR count). The Balaban J connectivity index is 1.48. The lowest BCUT2D eigenvalue weighted by atomic mass is 10.1. The lowest BCUT2D eigenvalue weighted by molar-refractivity contribution is 0.414. The van der Waals surface area contributed by atoms with Gasteiger partial charge in [0.05, 0.1) is 19.0 Å². The van der Waals surface area contributed by atoms with Gasteiger partial charge >= 0.3 is 0 Å². The Kier molecular flexibility index (Phi) is 4.69. The number of methoxy groups -OCH3 is 1. The summed E-state index contributed by atoms with van der Waals surface area (Å²) < 4.78 is 7.20. The molecule has 0 aliphatic carbocycles. The number of fused-ring (bicyclic) bond motifs is 1. The summed E-state index contributed by atoms with van der Waals surface area (Å²) in [5.41, 5.74) is 5.72. The molecule has 1 atom stereocenters. The van der Waals surface area contributed by atoms with Crippen LogP contribution in [0.2, 0.25) is 0 Å². The van der Waals surface area contributed by atoms with E-state index in [-0.39, 0.29) is 6.04 Å². The average Bonchev–Trinajstić information content (AvgIpc) is 3.29. The predicted octanol–water partition coefficient (Wildman–Crippen LogP) is 4.52. The minimum Gasteiger partial charge on any atom is -0.497 e. The van der Waals surface area contributed by atoms with Crippen LogP contribution in [0.25, 0.3) is 16.6 Å². The fraction of sp³-hybridized carbons (Fsp3) is 0.227. The first-order chi connectivity index (χ1) is 13.2. The molecule has 4 aromatic rings. The Morgan fingerprint density at radius 1 is 1.15 bits per heavy atom. The molecule has 1 unspecified atom stereocenters.